The lowest BCUT2D eigenvalue weighted by molar-refractivity contribution is -0.130. The first-order valence-corrected chi connectivity index (χ1v) is 5.74. The third-order valence-electron chi connectivity index (χ3n) is 2.56. The summed E-state index contributed by atoms with van der Waals surface area (Å²) in [5.74, 6) is 0.445. The molecule has 1 fully saturated rings. The molecule has 0 spiro atoms. The second-order valence-electron chi connectivity index (χ2n) is 3.51. The molecule has 0 aromatic heterocycles. The van der Waals surface area contributed by atoms with Crippen molar-refractivity contribution < 1.29 is 14.3 Å². The van der Waals surface area contributed by atoms with Crippen LogP contribution in [0.15, 0.2) is 0 Å². The van der Waals surface area contributed by atoms with Crippen LogP contribution >= 0.6 is 11.6 Å². The molecule has 88 valence electrons. The van der Waals surface area contributed by atoms with Gasteiger partial charge in [0, 0.05) is 39.1 Å². The molecule has 0 aromatic rings. The average molecular weight is 236 g/mol. The zero-order chi connectivity index (χ0) is 11.3. The molecule has 2 unspecified atom stereocenters. The Kier molecular flexibility index (Phi) is 5.36. The minimum atomic E-state index is -0.00998. The number of nitrogens with zero attached hydrogens (tertiary/aromatic N) is 1. The molecule has 1 saturated heterocycles. The predicted octanol–water partition coefficient (Wildman–Crippen LogP) is 0.878. The Balaban J connectivity index is 2.48. The Morgan fingerprint density at radius 2 is 2.13 bits per heavy atom. The molecule has 5 heteroatoms. The summed E-state index contributed by atoms with van der Waals surface area (Å²) < 4.78 is 10.8. The standard InChI is InChI=1S/C10H18ClNO3/c1-3-15-9-7-12(6-8(9)14-2)10(13)4-5-11/h8-9H,3-7H2,1-2H3. The summed E-state index contributed by atoms with van der Waals surface area (Å²) in [5, 5.41) is 0. The van der Waals surface area contributed by atoms with E-state index in [1.165, 1.54) is 0 Å². The molecule has 4 nitrogen and oxygen atoms in total. The van der Waals surface area contributed by atoms with Gasteiger partial charge in [0.25, 0.3) is 0 Å². The van der Waals surface area contributed by atoms with Crippen molar-refractivity contribution in [3.05, 3.63) is 0 Å². The van der Waals surface area contributed by atoms with E-state index in [4.69, 9.17) is 21.1 Å². The first-order chi connectivity index (χ1) is 7.22. The lowest BCUT2D eigenvalue weighted by atomic mass is 10.2. The molecule has 0 bridgehead atoms. The van der Waals surface area contributed by atoms with Gasteiger partial charge in [-0.3, -0.25) is 4.79 Å². The van der Waals surface area contributed by atoms with E-state index >= 15 is 0 Å². The highest BCUT2D eigenvalue weighted by molar-refractivity contribution is 6.18. The predicted molar refractivity (Wildman–Crippen MR) is 58.1 cm³/mol. The van der Waals surface area contributed by atoms with Gasteiger partial charge in [0.2, 0.25) is 5.91 Å². The molecule has 1 amide bonds. The molecule has 1 rings (SSSR count). The first-order valence-electron chi connectivity index (χ1n) is 5.21. The Bertz CT molecular complexity index is 213. The van der Waals surface area contributed by atoms with Gasteiger partial charge in [0.15, 0.2) is 0 Å². The van der Waals surface area contributed by atoms with Crippen molar-refractivity contribution in [3.63, 3.8) is 0 Å². The van der Waals surface area contributed by atoms with Crippen molar-refractivity contribution in [1.82, 2.24) is 4.90 Å². The van der Waals surface area contributed by atoms with E-state index in [0.29, 0.717) is 32.0 Å². The Labute approximate surface area is 95.5 Å². The highest BCUT2D eigenvalue weighted by atomic mass is 35.5. The number of carbonyl (C=O) groups excluding carboxylic acids is 1. The van der Waals surface area contributed by atoms with E-state index in [-0.39, 0.29) is 18.1 Å². The van der Waals surface area contributed by atoms with Crippen LogP contribution in [0.25, 0.3) is 0 Å². The first kappa shape index (κ1) is 12.7. The van der Waals surface area contributed by atoms with E-state index in [2.05, 4.69) is 0 Å². The zero-order valence-electron chi connectivity index (χ0n) is 9.24. The summed E-state index contributed by atoms with van der Waals surface area (Å²) in [6, 6.07) is 0. The SMILES string of the molecule is CCOC1CN(C(=O)CCCl)CC1OC. The highest BCUT2D eigenvalue weighted by Crippen LogP contribution is 2.17. The summed E-state index contributed by atoms with van der Waals surface area (Å²) in [5.41, 5.74) is 0. The Morgan fingerprint density at radius 3 is 2.67 bits per heavy atom. The number of rotatable bonds is 5. The highest BCUT2D eigenvalue weighted by Gasteiger charge is 2.35. The summed E-state index contributed by atoms with van der Waals surface area (Å²) in [4.78, 5) is 13.3. The van der Waals surface area contributed by atoms with Crippen molar-refractivity contribution in [3.8, 4) is 0 Å². The van der Waals surface area contributed by atoms with E-state index in [1.807, 2.05) is 6.92 Å². The number of methoxy groups -OCH3 is 1. The molecule has 0 saturated carbocycles. The largest absolute Gasteiger partial charge is 0.377 e. The van der Waals surface area contributed by atoms with Crippen molar-refractivity contribution in [2.75, 3.05) is 32.7 Å². The van der Waals surface area contributed by atoms with Crippen LogP contribution in [-0.2, 0) is 14.3 Å². The molecule has 1 heterocycles. The van der Waals surface area contributed by atoms with Gasteiger partial charge in [0.05, 0.1) is 0 Å². The molecule has 1 aliphatic heterocycles. The van der Waals surface area contributed by atoms with Gasteiger partial charge in [-0.15, -0.1) is 11.6 Å². The third-order valence-corrected chi connectivity index (χ3v) is 2.75. The molecule has 0 N–H and O–H groups in total. The maximum absolute atomic E-state index is 11.6. The van der Waals surface area contributed by atoms with E-state index in [0.717, 1.165) is 0 Å². The van der Waals surface area contributed by atoms with Crippen LogP contribution in [0.5, 0.6) is 0 Å². The second-order valence-corrected chi connectivity index (χ2v) is 3.88. The number of halogens is 1. The number of alkyl halides is 1. The van der Waals surface area contributed by atoms with Crippen LogP contribution in [0.3, 0.4) is 0 Å². The maximum atomic E-state index is 11.6. The molecule has 0 aliphatic carbocycles. The van der Waals surface area contributed by atoms with Gasteiger partial charge < -0.3 is 14.4 Å². The van der Waals surface area contributed by atoms with E-state index in [1.54, 1.807) is 12.0 Å². The van der Waals surface area contributed by atoms with Crippen molar-refractivity contribution >= 4 is 17.5 Å². The van der Waals surface area contributed by atoms with E-state index in [9.17, 15) is 4.79 Å². The van der Waals surface area contributed by atoms with Crippen LogP contribution in [0, 0.1) is 0 Å². The molecular weight excluding hydrogens is 218 g/mol. The number of carbonyl (C=O) groups is 1. The van der Waals surface area contributed by atoms with Gasteiger partial charge in [-0.1, -0.05) is 0 Å². The fourth-order valence-corrected chi connectivity index (χ4v) is 1.95. The number of likely N-dealkylation sites (tertiary alicyclic amines) is 1. The topological polar surface area (TPSA) is 38.8 Å². The van der Waals surface area contributed by atoms with E-state index < -0.39 is 0 Å². The van der Waals surface area contributed by atoms with Crippen LogP contribution in [-0.4, -0.2) is 55.7 Å². The van der Waals surface area contributed by atoms with Gasteiger partial charge in [-0.05, 0) is 6.92 Å². The number of ether oxygens (including phenoxy) is 2. The quantitative estimate of drug-likeness (QED) is 0.664. The average Bonchev–Trinajstić information content (AvgIpc) is 2.62. The summed E-state index contributed by atoms with van der Waals surface area (Å²) in [7, 11) is 1.65. The fraction of sp³-hybridized carbons (Fsp3) is 0.900. The number of hydrogen-bond acceptors (Lipinski definition) is 3. The summed E-state index contributed by atoms with van der Waals surface area (Å²) in [6.45, 7) is 3.80. The van der Waals surface area contributed by atoms with Crippen molar-refractivity contribution in [2.24, 2.45) is 0 Å². The zero-order valence-corrected chi connectivity index (χ0v) is 10.00. The monoisotopic (exact) mass is 235 g/mol. The number of hydrogen-bond donors (Lipinski definition) is 0. The summed E-state index contributed by atoms with van der Waals surface area (Å²) in [6.07, 6.45) is 0.375. The van der Waals surface area contributed by atoms with Crippen LogP contribution < -0.4 is 0 Å². The van der Waals surface area contributed by atoms with Crippen LogP contribution in [0.2, 0.25) is 0 Å². The number of amides is 1. The van der Waals surface area contributed by atoms with Crippen molar-refractivity contribution in [1.29, 1.82) is 0 Å². The Hall–Kier alpha value is -0.320. The second kappa shape index (κ2) is 6.30. The minimum absolute atomic E-state index is 0.000671. The van der Waals surface area contributed by atoms with Crippen LogP contribution in [0.4, 0.5) is 0 Å². The molecular formula is C10H18ClNO3. The lowest BCUT2D eigenvalue weighted by Gasteiger charge is -2.15. The third kappa shape index (κ3) is 3.33. The van der Waals surface area contributed by atoms with Gasteiger partial charge in [0.1, 0.15) is 12.2 Å². The molecule has 0 radical (unpaired) electrons. The van der Waals surface area contributed by atoms with Crippen molar-refractivity contribution in [2.45, 2.75) is 25.6 Å². The molecule has 2 atom stereocenters. The van der Waals surface area contributed by atoms with Gasteiger partial charge >= 0.3 is 0 Å². The lowest BCUT2D eigenvalue weighted by Crippen LogP contribution is -2.30. The van der Waals surface area contributed by atoms with Crippen LogP contribution in [0.1, 0.15) is 13.3 Å². The minimum Gasteiger partial charge on any atom is -0.377 e. The smallest absolute Gasteiger partial charge is 0.223 e. The maximum Gasteiger partial charge on any atom is 0.223 e. The molecule has 0 aromatic carbocycles. The normalized spacial score (nSPS) is 25.9. The Morgan fingerprint density at radius 1 is 1.47 bits per heavy atom. The van der Waals surface area contributed by atoms with Gasteiger partial charge in [-0.25, -0.2) is 0 Å². The molecule has 15 heavy (non-hydrogen) atoms. The fourth-order valence-electron chi connectivity index (χ4n) is 1.79. The van der Waals surface area contributed by atoms with Gasteiger partial charge in [-0.2, -0.15) is 0 Å². The summed E-state index contributed by atoms with van der Waals surface area (Å²) >= 11 is 5.53. The molecule has 1 aliphatic rings.